The minimum atomic E-state index is -3.94. The van der Waals surface area contributed by atoms with Gasteiger partial charge >= 0.3 is 0 Å². The molecule has 0 spiro atoms. The first kappa shape index (κ1) is 24.2. The number of hydrogen-bond donors (Lipinski definition) is 3. The molecule has 0 bridgehead atoms. The normalized spacial score (nSPS) is 13.7. The minimum absolute atomic E-state index is 0.0135. The van der Waals surface area contributed by atoms with Crippen LogP contribution in [-0.2, 0) is 14.8 Å². The number of sulfonamides is 1. The van der Waals surface area contributed by atoms with E-state index < -0.39 is 15.9 Å². The van der Waals surface area contributed by atoms with E-state index >= 15 is 0 Å². The molecule has 0 atom stereocenters. The third-order valence-corrected chi connectivity index (χ3v) is 6.78. The Morgan fingerprint density at radius 2 is 1.54 bits per heavy atom. The van der Waals surface area contributed by atoms with Crippen molar-refractivity contribution in [2.75, 3.05) is 37.4 Å². The maximum Gasteiger partial charge on any atom is 0.262 e. The highest BCUT2D eigenvalue weighted by molar-refractivity contribution is 7.92. The molecule has 1 fully saturated rings. The number of anilines is 1. The van der Waals surface area contributed by atoms with Crippen LogP contribution in [0.4, 0.5) is 5.69 Å². The highest BCUT2D eigenvalue weighted by Crippen LogP contribution is 2.30. The Morgan fingerprint density at radius 1 is 0.886 bits per heavy atom. The van der Waals surface area contributed by atoms with Crippen molar-refractivity contribution >= 4 is 27.5 Å². The topological polar surface area (TPSA) is 117 Å². The van der Waals surface area contributed by atoms with Crippen molar-refractivity contribution in [1.82, 2.24) is 15.5 Å². The number of hydrogen-bond acceptors (Lipinski definition) is 6. The summed E-state index contributed by atoms with van der Waals surface area (Å²) < 4.78 is 34.3. The van der Waals surface area contributed by atoms with Gasteiger partial charge in [0, 0.05) is 31.7 Å². The van der Waals surface area contributed by atoms with Gasteiger partial charge in [-0.15, -0.1) is 0 Å². The Morgan fingerprint density at radius 3 is 2.26 bits per heavy atom. The van der Waals surface area contributed by atoms with Gasteiger partial charge in [-0.1, -0.05) is 30.3 Å². The summed E-state index contributed by atoms with van der Waals surface area (Å²) in [6.45, 7) is 2.55. The number of benzene rings is 3. The lowest BCUT2D eigenvalue weighted by atomic mass is 10.2. The average molecular weight is 495 g/mol. The van der Waals surface area contributed by atoms with E-state index in [0.717, 1.165) is 13.1 Å². The lowest BCUT2D eigenvalue weighted by Crippen LogP contribution is -2.49. The number of ether oxygens (including phenoxy) is 1. The van der Waals surface area contributed by atoms with Crippen molar-refractivity contribution in [3.8, 4) is 11.5 Å². The number of nitrogens with one attached hydrogen (secondary N) is 3. The number of carbonyl (C=O) groups is 2. The molecule has 4 rings (SSSR count). The lowest BCUT2D eigenvalue weighted by molar-refractivity contribution is -0.130. The molecule has 0 aromatic heterocycles. The van der Waals surface area contributed by atoms with Crippen LogP contribution >= 0.6 is 0 Å². The molecule has 0 saturated carbocycles. The van der Waals surface area contributed by atoms with E-state index in [1.807, 2.05) is 18.2 Å². The highest BCUT2D eigenvalue weighted by Gasteiger charge is 2.19. The predicted octanol–water partition coefficient (Wildman–Crippen LogP) is 2.44. The molecule has 2 amide bonds. The molecule has 35 heavy (non-hydrogen) atoms. The highest BCUT2D eigenvalue weighted by atomic mass is 32.2. The summed E-state index contributed by atoms with van der Waals surface area (Å²) in [6.07, 6.45) is 0. The first-order valence-corrected chi connectivity index (χ1v) is 12.6. The van der Waals surface area contributed by atoms with Crippen LogP contribution in [0.3, 0.4) is 0 Å². The Balaban J connectivity index is 1.40. The summed E-state index contributed by atoms with van der Waals surface area (Å²) in [4.78, 5) is 26.3. The predicted molar refractivity (Wildman–Crippen MR) is 132 cm³/mol. The fourth-order valence-electron chi connectivity index (χ4n) is 3.53. The molecule has 0 aliphatic carbocycles. The molecule has 0 radical (unpaired) electrons. The molecule has 0 unspecified atom stereocenters. The summed E-state index contributed by atoms with van der Waals surface area (Å²) in [7, 11) is -3.94. The van der Waals surface area contributed by atoms with E-state index in [9.17, 15) is 18.0 Å². The zero-order chi connectivity index (χ0) is 24.7. The van der Waals surface area contributed by atoms with Gasteiger partial charge in [0.25, 0.3) is 15.9 Å². The van der Waals surface area contributed by atoms with Crippen molar-refractivity contribution in [1.29, 1.82) is 0 Å². The van der Waals surface area contributed by atoms with Crippen LogP contribution in [0.25, 0.3) is 0 Å². The van der Waals surface area contributed by atoms with Crippen molar-refractivity contribution in [2.24, 2.45) is 0 Å². The van der Waals surface area contributed by atoms with Crippen LogP contribution in [-0.4, -0.2) is 57.9 Å². The molecule has 1 aliphatic rings. The smallest absolute Gasteiger partial charge is 0.262 e. The maximum absolute atomic E-state index is 13.0. The summed E-state index contributed by atoms with van der Waals surface area (Å²) in [6, 6.07) is 21.3. The molecule has 182 valence electrons. The van der Waals surface area contributed by atoms with E-state index in [-0.39, 0.29) is 28.6 Å². The zero-order valence-electron chi connectivity index (χ0n) is 18.9. The van der Waals surface area contributed by atoms with Gasteiger partial charge in [0.2, 0.25) is 5.91 Å². The van der Waals surface area contributed by atoms with E-state index in [1.165, 1.54) is 24.3 Å². The molecule has 10 heteroatoms. The van der Waals surface area contributed by atoms with Gasteiger partial charge in [-0.2, -0.15) is 0 Å². The summed E-state index contributed by atoms with van der Waals surface area (Å²) in [5.41, 5.74) is 0.537. The SMILES string of the molecule is O=C(NCC(=O)N1CCNCC1)c1ccc(S(=O)(=O)Nc2ccccc2Oc2ccccc2)cc1. The van der Waals surface area contributed by atoms with Crippen LogP contribution < -0.4 is 20.1 Å². The second kappa shape index (κ2) is 11.0. The van der Waals surface area contributed by atoms with Crippen molar-refractivity contribution in [3.63, 3.8) is 0 Å². The molecular weight excluding hydrogens is 468 g/mol. The zero-order valence-corrected chi connectivity index (χ0v) is 19.8. The van der Waals surface area contributed by atoms with E-state index in [4.69, 9.17) is 4.74 Å². The Bertz CT molecular complexity index is 1270. The van der Waals surface area contributed by atoms with Crippen molar-refractivity contribution in [3.05, 3.63) is 84.4 Å². The fourth-order valence-corrected chi connectivity index (χ4v) is 4.60. The third kappa shape index (κ3) is 6.37. The van der Waals surface area contributed by atoms with Crippen LogP contribution in [0, 0.1) is 0 Å². The molecule has 1 saturated heterocycles. The summed E-state index contributed by atoms with van der Waals surface area (Å²) in [5.74, 6) is 0.323. The number of amides is 2. The van der Waals surface area contributed by atoms with Gasteiger partial charge in [0.15, 0.2) is 5.75 Å². The minimum Gasteiger partial charge on any atom is -0.455 e. The van der Waals surface area contributed by atoms with Crippen LogP contribution in [0.15, 0.2) is 83.8 Å². The number of para-hydroxylation sites is 3. The van der Waals surface area contributed by atoms with E-state index in [2.05, 4.69) is 15.4 Å². The number of piperazine rings is 1. The molecule has 3 aromatic rings. The van der Waals surface area contributed by atoms with Crippen LogP contribution in [0.1, 0.15) is 10.4 Å². The third-order valence-electron chi connectivity index (χ3n) is 5.40. The lowest BCUT2D eigenvalue weighted by Gasteiger charge is -2.27. The number of nitrogens with zero attached hydrogens (tertiary/aromatic N) is 1. The standard InChI is InChI=1S/C25H26N4O5S/c30-24(29-16-14-26-15-17-29)18-27-25(31)19-10-12-21(13-11-19)35(32,33)28-22-8-4-5-9-23(22)34-20-6-2-1-3-7-20/h1-13,26,28H,14-18H2,(H,27,31). The van der Waals surface area contributed by atoms with Gasteiger partial charge in [-0.25, -0.2) is 8.42 Å². The molecule has 9 nitrogen and oxygen atoms in total. The first-order chi connectivity index (χ1) is 16.9. The first-order valence-electron chi connectivity index (χ1n) is 11.1. The van der Waals surface area contributed by atoms with Gasteiger partial charge in [0.05, 0.1) is 17.1 Å². The quantitative estimate of drug-likeness (QED) is 0.443. The summed E-state index contributed by atoms with van der Waals surface area (Å²) in [5, 5.41) is 5.76. The van der Waals surface area contributed by atoms with Gasteiger partial charge < -0.3 is 20.3 Å². The summed E-state index contributed by atoms with van der Waals surface area (Å²) >= 11 is 0. The number of carbonyl (C=O) groups excluding carboxylic acids is 2. The molecular formula is C25H26N4O5S. The second-order valence-electron chi connectivity index (χ2n) is 7.85. The monoisotopic (exact) mass is 494 g/mol. The van der Waals surface area contributed by atoms with Crippen LogP contribution in [0.2, 0.25) is 0 Å². The largest absolute Gasteiger partial charge is 0.455 e. The second-order valence-corrected chi connectivity index (χ2v) is 9.54. The molecule has 3 aromatic carbocycles. The molecule has 1 heterocycles. The van der Waals surface area contributed by atoms with Gasteiger partial charge in [0.1, 0.15) is 5.75 Å². The Hall–Kier alpha value is -3.89. The Labute approximate surface area is 204 Å². The van der Waals surface area contributed by atoms with Crippen molar-refractivity contribution in [2.45, 2.75) is 4.90 Å². The average Bonchev–Trinajstić information content (AvgIpc) is 2.89. The van der Waals surface area contributed by atoms with Crippen LogP contribution in [0.5, 0.6) is 11.5 Å². The maximum atomic E-state index is 13.0. The van der Waals surface area contributed by atoms with Crippen molar-refractivity contribution < 1.29 is 22.7 Å². The van der Waals surface area contributed by atoms with E-state index in [0.29, 0.717) is 24.6 Å². The molecule has 3 N–H and O–H groups in total. The Kier molecular flexibility index (Phi) is 7.64. The van der Waals surface area contributed by atoms with E-state index in [1.54, 1.807) is 41.3 Å². The molecule has 1 aliphatic heterocycles. The number of rotatable bonds is 8. The fraction of sp³-hybridized carbons (Fsp3) is 0.200. The van der Waals surface area contributed by atoms with Gasteiger partial charge in [-0.05, 0) is 48.5 Å². The van der Waals surface area contributed by atoms with Gasteiger partial charge in [-0.3, -0.25) is 14.3 Å².